The molecule has 0 saturated heterocycles. The van der Waals surface area contributed by atoms with Gasteiger partial charge in [-0.1, -0.05) is 58.0 Å². The van der Waals surface area contributed by atoms with Gasteiger partial charge in [-0.25, -0.2) is 14.0 Å². The van der Waals surface area contributed by atoms with Crippen LogP contribution in [-0.2, 0) is 20.9 Å². The molecule has 0 fully saturated rings. The number of carbonyl (C=O) groups excluding carboxylic acids is 2. The zero-order chi connectivity index (χ0) is 23.4. The second-order valence-electron chi connectivity index (χ2n) is 8.29. The van der Waals surface area contributed by atoms with E-state index in [1.54, 1.807) is 12.1 Å². The first kappa shape index (κ1) is 26.1. The summed E-state index contributed by atoms with van der Waals surface area (Å²) in [6.07, 6.45) is 0.962. The molecule has 1 rings (SSSR count). The monoisotopic (exact) mass is 436 g/mol. The second-order valence-corrected chi connectivity index (χ2v) is 8.29. The first-order valence-corrected chi connectivity index (χ1v) is 10.4. The van der Waals surface area contributed by atoms with Crippen LogP contribution >= 0.6 is 0 Å². The third-order valence-corrected chi connectivity index (χ3v) is 4.38. The fourth-order valence-electron chi connectivity index (χ4n) is 2.94. The van der Waals surface area contributed by atoms with Gasteiger partial charge in [0.2, 0.25) is 5.91 Å². The van der Waals surface area contributed by atoms with Crippen molar-refractivity contribution in [2.45, 2.75) is 53.2 Å². The molecule has 2 atom stereocenters. The summed E-state index contributed by atoms with van der Waals surface area (Å²) in [6.45, 7) is 7.11. The number of benzene rings is 1. The molecular formula is C23H33FN2O5. The molecule has 0 bridgehead atoms. The zero-order valence-corrected chi connectivity index (χ0v) is 18.6. The summed E-state index contributed by atoms with van der Waals surface area (Å²) in [4.78, 5) is 35.8. The van der Waals surface area contributed by atoms with Gasteiger partial charge >= 0.3 is 12.1 Å². The van der Waals surface area contributed by atoms with Gasteiger partial charge in [0.25, 0.3) is 0 Å². The number of nitrogens with one attached hydrogen (secondary N) is 2. The molecule has 0 heterocycles. The number of amides is 2. The average molecular weight is 437 g/mol. The molecule has 3 N–H and O–H groups in total. The van der Waals surface area contributed by atoms with Crippen LogP contribution in [0.3, 0.4) is 0 Å². The normalized spacial score (nSPS) is 13.6. The van der Waals surface area contributed by atoms with Gasteiger partial charge in [0.05, 0.1) is 12.5 Å². The van der Waals surface area contributed by atoms with Crippen LogP contribution in [0.2, 0.25) is 0 Å². The van der Waals surface area contributed by atoms with Crippen molar-refractivity contribution in [3.8, 4) is 0 Å². The fraction of sp³-hybridized carbons (Fsp3) is 0.522. The SMILES string of the molecule is CC(C)C[C@H](NC(=O)[C@@H](/C=C(\F)CNC(=O)OCc1ccccc1)CC(C)C)C(=O)O. The van der Waals surface area contributed by atoms with E-state index >= 15 is 0 Å². The summed E-state index contributed by atoms with van der Waals surface area (Å²) in [5.74, 6) is -3.08. The topological polar surface area (TPSA) is 105 Å². The maximum Gasteiger partial charge on any atom is 0.407 e. The summed E-state index contributed by atoms with van der Waals surface area (Å²) in [7, 11) is 0. The Morgan fingerprint density at radius 2 is 1.68 bits per heavy atom. The first-order chi connectivity index (χ1) is 14.6. The molecule has 7 nitrogen and oxygen atoms in total. The third-order valence-electron chi connectivity index (χ3n) is 4.38. The number of aliphatic carboxylic acids is 1. The minimum absolute atomic E-state index is 0.0583. The molecule has 2 amide bonds. The number of carbonyl (C=O) groups is 3. The number of hydrogen-bond acceptors (Lipinski definition) is 4. The highest BCUT2D eigenvalue weighted by atomic mass is 19.1. The van der Waals surface area contributed by atoms with Crippen molar-refractivity contribution in [3.63, 3.8) is 0 Å². The number of halogens is 1. The van der Waals surface area contributed by atoms with Crippen LogP contribution in [0.1, 0.15) is 46.1 Å². The van der Waals surface area contributed by atoms with E-state index in [4.69, 9.17) is 4.74 Å². The van der Waals surface area contributed by atoms with Crippen LogP contribution < -0.4 is 10.6 Å². The summed E-state index contributed by atoms with van der Waals surface area (Å²) >= 11 is 0. The van der Waals surface area contributed by atoms with Gasteiger partial charge < -0.3 is 20.5 Å². The predicted molar refractivity (Wildman–Crippen MR) is 116 cm³/mol. The molecule has 0 aliphatic heterocycles. The standard InChI is InChI=1S/C23H33FN2O5/c1-15(2)10-18(21(27)26-20(22(28)29)11-16(3)4)12-19(24)13-25-23(30)31-14-17-8-6-5-7-9-17/h5-9,12,15-16,18,20H,10-11,13-14H2,1-4H3,(H,25,30)(H,26,27)(H,28,29)/b19-12-/t18-,20+/m1/s1. The zero-order valence-electron chi connectivity index (χ0n) is 18.6. The second kappa shape index (κ2) is 13.4. The van der Waals surface area contributed by atoms with E-state index in [2.05, 4.69) is 10.6 Å². The molecule has 1 aromatic carbocycles. The van der Waals surface area contributed by atoms with E-state index in [-0.39, 0.29) is 24.9 Å². The van der Waals surface area contributed by atoms with E-state index in [0.717, 1.165) is 11.6 Å². The van der Waals surface area contributed by atoms with Gasteiger partial charge in [0.15, 0.2) is 0 Å². The van der Waals surface area contributed by atoms with Crippen molar-refractivity contribution < 1.29 is 28.6 Å². The Balaban J connectivity index is 2.67. The van der Waals surface area contributed by atoms with Crippen LogP contribution in [0.4, 0.5) is 9.18 Å². The van der Waals surface area contributed by atoms with Crippen molar-refractivity contribution in [1.29, 1.82) is 0 Å². The molecule has 8 heteroatoms. The Kier molecular flexibility index (Phi) is 11.3. The lowest BCUT2D eigenvalue weighted by Crippen LogP contribution is -2.44. The van der Waals surface area contributed by atoms with E-state index in [9.17, 15) is 23.9 Å². The van der Waals surface area contributed by atoms with Crippen LogP contribution in [-0.4, -0.2) is 35.7 Å². The molecule has 0 aliphatic rings. The number of hydrogen-bond donors (Lipinski definition) is 3. The number of carboxylic acid groups (broad SMARTS) is 1. The van der Waals surface area contributed by atoms with Gasteiger partial charge in [-0.3, -0.25) is 4.79 Å². The van der Waals surface area contributed by atoms with Crippen LogP contribution in [0.25, 0.3) is 0 Å². The third kappa shape index (κ3) is 11.2. The largest absolute Gasteiger partial charge is 0.480 e. The Morgan fingerprint density at radius 1 is 1.06 bits per heavy atom. The Hall–Kier alpha value is -2.90. The summed E-state index contributed by atoms with van der Waals surface area (Å²) < 4.78 is 19.4. The van der Waals surface area contributed by atoms with Gasteiger partial charge in [-0.2, -0.15) is 0 Å². The lowest BCUT2D eigenvalue weighted by atomic mass is 9.94. The smallest absolute Gasteiger partial charge is 0.407 e. The number of carboxylic acids is 1. The van der Waals surface area contributed by atoms with Crippen molar-refractivity contribution in [3.05, 3.63) is 47.8 Å². The predicted octanol–water partition coefficient (Wildman–Crippen LogP) is 4.04. The van der Waals surface area contributed by atoms with Gasteiger partial charge in [-0.05, 0) is 36.3 Å². The molecule has 0 aliphatic carbocycles. The maximum absolute atomic E-state index is 14.4. The highest BCUT2D eigenvalue weighted by Crippen LogP contribution is 2.17. The fourth-order valence-corrected chi connectivity index (χ4v) is 2.94. The minimum Gasteiger partial charge on any atom is -0.480 e. The quantitative estimate of drug-likeness (QED) is 0.459. The van der Waals surface area contributed by atoms with Gasteiger partial charge in [-0.15, -0.1) is 0 Å². The minimum atomic E-state index is -1.13. The van der Waals surface area contributed by atoms with Crippen molar-refractivity contribution >= 4 is 18.0 Å². The van der Waals surface area contributed by atoms with Crippen molar-refractivity contribution in [2.24, 2.45) is 17.8 Å². The lowest BCUT2D eigenvalue weighted by Gasteiger charge is -2.21. The van der Waals surface area contributed by atoms with Crippen LogP contribution in [0.15, 0.2) is 42.2 Å². The van der Waals surface area contributed by atoms with Gasteiger partial charge in [0.1, 0.15) is 18.5 Å². The Labute approximate surface area is 183 Å². The molecule has 0 radical (unpaired) electrons. The van der Waals surface area contributed by atoms with Crippen molar-refractivity contribution in [1.82, 2.24) is 10.6 Å². The summed E-state index contributed by atoms with van der Waals surface area (Å²) in [5, 5.41) is 14.1. The van der Waals surface area contributed by atoms with Crippen LogP contribution in [0.5, 0.6) is 0 Å². The molecule has 1 aromatic rings. The summed E-state index contributed by atoms with van der Waals surface area (Å²) in [6, 6.07) is 8.03. The first-order valence-electron chi connectivity index (χ1n) is 10.4. The number of rotatable bonds is 12. The molecular weight excluding hydrogens is 403 g/mol. The molecule has 0 unspecified atom stereocenters. The molecule has 31 heavy (non-hydrogen) atoms. The van der Waals surface area contributed by atoms with Crippen molar-refractivity contribution in [2.75, 3.05) is 6.54 Å². The molecule has 0 spiro atoms. The maximum atomic E-state index is 14.4. The lowest BCUT2D eigenvalue weighted by molar-refractivity contribution is -0.142. The van der Waals surface area contributed by atoms with E-state index in [0.29, 0.717) is 6.42 Å². The Morgan fingerprint density at radius 3 is 2.23 bits per heavy atom. The average Bonchev–Trinajstić information content (AvgIpc) is 2.69. The highest BCUT2D eigenvalue weighted by molar-refractivity contribution is 5.86. The van der Waals surface area contributed by atoms with Gasteiger partial charge in [0, 0.05) is 0 Å². The van der Waals surface area contributed by atoms with E-state index in [1.165, 1.54) is 0 Å². The van der Waals surface area contributed by atoms with Crippen LogP contribution in [0, 0.1) is 17.8 Å². The van der Waals surface area contributed by atoms with E-state index < -0.39 is 42.3 Å². The molecule has 0 saturated carbocycles. The number of ether oxygens (including phenoxy) is 1. The highest BCUT2D eigenvalue weighted by Gasteiger charge is 2.26. The number of alkyl carbamates (subject to hydrolysis) is 1. The Bertz CT molecular complexity index is 750. The summed E-state index contributed by atoms with van der Waals surface area (Å²) in [5.41, 5.74) is 0.803. The molecule has 172 valence electrons. The molecule has 0 aromatic heterocycles. The van der Waals surface area contributed by atoms with E-state index in [1.807, 2.05) is 45.9 Å².